The molecular formula is C12H24N2O2. The molecule has 1 aliphatic heterocycles. The predicted molar refractivity (Wildman–Crippen MR) is 64.3 cm³/mol. The maximum atomic E-state index is 11.8. The van der Waals surface area contributed by atoms with E-state index in [1.54, 1.807) is 0 Å². The molecule has 0 bridgehead atoms. The molecule has 0 saturated carbocycles. The van der Waals surface area contributed by atoms with Crippen molar-refractivity contribution in [2.45, 2.75) is 26.7 Å². The summed E-state index contributed by atoms with van der Waals surface area (Å²) in [5.41, 5.74) is 0. The Labute approximate surface area is 98.3 Å². The van der Waals surface area contributed by atoms with Crippen LogP contribution in [0.15, 0.2) is 0 Å². The van der Waals surface area contributed by atoms with Crippen molar-refractivity contribution in [2.75, 3.05) is 39.4 Å². The third kappa shape index (κ3) is 4.49. The fraction of sp³-hybridized carbons (Fsp3) is 0.917. The molecule has 1 saturated heterocycles. The third-order valence-electron chi connectivity index (χ3n) is 3.04. The molecule has 16 heavy (non-hydrogen) atoms. The summed E-state index contributed by atoms with van der Waals surface area (Å²) in [5.74, 6) is 0.731. The zero-order valence-electron chi connectivity index (χ0n) is 10.5. The van der Waals surface area contributed by atoms with E-state index in [2.05, 4.69) is 5.32 Å². The molecule has 0 aliphatic carbocycles. The highest BCUT2D eigenvalue weighted by Gasteiger charge is 2.19. The molecule has 1 unspecified atom stereocenters. The number of piperidine rings is 1. The van der Waals surface area contributed by atoms with Crippen molar-refractivity contribution in [2.24, 2.45) is 5.92 Å². The molecule has 1 N–H and O–H groups in total. The van der Waals surface area contributed by atoms with Crippen LogP contribution in [0.3, 0.4) is 0 Å². The van der Waals surface area contributed by atoms with Gasteiger partial charge in [0.1, 0.15) is 6.61 Å². The van der Waals surface area contributed by atoms with Gasteiger partial charge in [-0.3, -0.25) is 4.79 Å². The molecule has 1 rings (SSSR count). The number of carbonyl (C=O) groups is 1. The number of rotatable bonds is 6. The number of nitrogens with one attached hydrogen (secondary N) is 1. The molecule has 4 heteroatoms. The molecule has 1 fully saturated rings. The number of carbonyl (C=O) groups excluding carboxylic acids is 1. The van der Waals surface area contributed by atoms with E-state index >= 15 is 0 Å². The van der Waals surface area contributed by atoms with Crippen LogP contribution in [0.25, 0.3) is 0 Å². The van der Waals surface area contributed by atoms with Gasteiger partial charge in [0.2, 0.25) is 5.91 Å². The van der Waals surface area contributed by atoms with Gasteiger partial charge in [0.25, 0.3) is 0 Å². The van der Waals surface area contributed by atoms with E-state index in [4.69, 9.17) is 4.74 Å². The van der Waals surface area contributed by atoms with E-state index in [0.717, 1.165) is 26.2 Å². The summed E-state index contributed by atoms with van der Waals surface area (Å²) < 4.78 is 5.16. The first-order valence-corrected chi connectivity index (χ1v) is 6.34. The highest BCUT2D eigenvalue weighted by Crippen LogP contribution is 2.11. The van der Waals surface area contributed by atoms with Crippen molar-refractivity contribution in [3.63, 3.8) is 0 Å². The molecule has 1 atom stereocenters. The molecule has 1 amide bonds. The van der Waals surface area contributed by atoms with Crippen molar-refractivity contribution in [1.82, 2.24) is 10.2 Å². The molecule has 0 aromatic heterocycles. The first-order valence-electron chi connectivity index (χ1n) is 6.34. The largest absolute Gasteiger partial charge is 0.372 e. The van der Waals surface area contributed by atoms with Crippen LogP contribution in [0.2, 0.25) is 0 Å². The lowest BCUT2D eigenvalue weighted by Crippen LogP contribution is -2.42. The molecule has 94 valence electrons. The SMILES string of the molecule is CCOCC(=O)N(CC)CC1CCCNC1. The minimum atomic E-state index is 0.120. The standard InChI is InChI=1S/C12H24N2O2/c1-3-14(12(15)10-16-4-2)9-11-6-5-7-13-8-11/h11,13H,3-10H2,1-2H3. The maximum Gasteiger partial charge on any atom is 0.248 e. The van der Waals surface area contributed by atoms with E-state index in [0.29, 0.717) is 12.5 Å². The fourth-order valence-electron chi connectivity index (χ4n) is 2.08. The average Bonchev–Trinajstić information content (AvgIpc) is 2.34. The molecular weight excluding hydrogens is 204 g/mol. The summed E-state index contributed by atoms with van der Waals surface area (Å²) in [7, 11) is 0. The first-order chi connectivity index (χ1) is 7.77. The Hall–Kier alpha value is -0.610. The summed E-state index contributed by atoms with van der Waals surface area (Å²) in [6.07, 6.45) is 2.45. The van der Waals surface area contributed by atoms with Gasteiger partial charge in [-0.1, -0.05) is 0 Å². The monoisotopic (exact) mass is 228 g/mol. The lowest BCUT2D eigenvalue weighted by atomic mass is 9.99. The Balaban J connectivity index is 2.31. The highest BCUT2D eigenvalue weighted by molar-refractivity contribution is 5.77. The number of amides is 1. The third-order valence-corrected chi connectivity index (χ3v) is 3.04. The number of likely N-dealkylation sites (N-methyl/N-ethyl adjacent to an activating group) is 1. The van der Waals surface area contributed by atoms with E-state index in [-0.39, 0.29) is 12.5 Å². The van der Waals surface area contributed by atoms with Gasteiger partial charge in [-0.05, 0) is 45.7 Å². The second-order valence-electron chi connectivity index (χ2n) is 4.28. The van der Waals surface area contributed by atoms with Crippen LogP contribution >= 0.6 is 0 Å². The first kappa shape index (κ1) is 13.5. The van der Waals surface area contributed by atoms with Crippen LogP contribution in [-0.2, 0) is 9.53 Å². The summed E-state index contributed by atoms with van der Waals surface area (Å²) in [6, 6.07) is 0. The molecule has 1 aliphatic rings. The molecule has 0 aromatic rings. The molecule has 0 spiro atoms. The number of nitrogens with zero attached hydrogens (tertiary/aromatic N) is 1. The highest BCUT2D eigenvalue weighted by atomic mass is 16.5. The van der Waals surface area contributed by atoms with Gasteiger partial charge in [0, 0.05) is 19.7 Å². The van der Waals surface area contributed by atoms with E-state index in [1.807, 2.05) is 18.7 Å². The summed E-state index contributed by atoms with van der Waals surface area (Å²) in [6.45, 7) is 8.58. The molecule has 0 aromatic carbocycles. The Kier molecular flexibility index (Phi) is 6.42. The quantitative estimate of drug-likeness (QED) is 0.733. The second kappa shape index (κ2) is 7.63. The van der Waals surface area contributed by atoms with Crippen molar-refractivity contribution < 1.29 is 9.53 Å². The molecule has 4 nitrogen and oxygen atoms in total. The van der Waals surface area contributed by atoms with Crippen LogP contribution < -0.4 is 5.32 Å². The summed E-state index contributed by atoms with van der Waals surface area (Å²) in [5, 5.41) is 3.38. The second-order valence-corrected chi connectivity index (χ2v) is 4.28. The van der Waals surface area contributed by atoms with E-state index < -0.39 is 0 Å². The van der Waals surface area contributed by atoms with Gasteiger partial charge in [0.05, 0.1) is 0 Å². The maximum absolute atomic E-state index is 11.8. The van der Waals surface area contributed by atoms with Crippen molar-refractivity contribution in [1.29, 1.82) is 0 Å². The number of ether oxygens (including phenoxy) is 1. The van der Waals surface area contributed by atoms with Gasteiger partial charge in [-0.2, -0.15) is 0 Å². The number of hydrogen-bond acceptors (Lipinski definition) is 3. The van der Waals surface area contributed by atoms with Crippen LogP contribution in [0.4, 0.5) is 0 Å². The average molecular weight is 228 g/mol. The van der Waals surface area contributed by atoms with E-state index in [9.17, 15) is 4.79 Å². The van der Waals surface area contributed by atoms with Crippen molar-refractivity contribution in [3.8, 4) is 0 Å². The minimum Gasteiger partial charge on any atom is -0.372 e. The van der Waals surface area contributed by atoms with Gasteiger partial charge in [0.15, 0.2) is 0 Å². The van der Waals surface area contributed by atoms with Gasteiger partial charge in [-0.25, -0.2) is 0 Å². The Morgan fingerprint density at radius 1 is 1.50 bits per heavy atom. The Morgan fingerprint density at radius 2 is 2.31 bits per heavy atom. The Morgan fingerprint density at radius 3 is 2.88 bits per heavy atom. The smallest absolute Gasteiger partial charge is 0.248 e. The normalized spacial score (nSPS) is 20.8. The van der Waals surface area contributed by atoms with Crippen LogP contribution in [0.5, 0.6) is 0 Å². The Bertz CT molecular complexity index is 203. The lowest BCUT2D eigenvalue weighted by Gasteiger charge is -2.29. The summed E-state index contributed by atoms with van der Waals surface area (Å²) in [4.78, 5) is 13.7. The van der Waals surface area contributed by atoms with Crippen LogP contribution in [-0.4, -0.2) is 50.2 Å². The van der Waals surface area contributed by atoms with Crippen LogP contribution in [0.1, 0.15) is 26.7 Å². The zero-order valence-corrected chi connectivity index (χ0v) is 10.5. The summed E-state index contributed by atoms with van der Waals surface area (Å²) >= 11 is 0. The van der Waals surface area contributed by atoms with Crippen molar-refractivity contribution >= 4 is 5.91 Å². The minimum absolute atomic E-state index is 0.120. The topological polar surface area (TPSA) is 41.6 Å². The predicted octanol–water partition coefficient (Wildman–Crippen LogP) is 0.871. The van der Waals surface area contributed by atoms with E-state index in [1.165, 1.54) is 12.8 Å². The number of hydrogen-bond donors (Lipinski definition) is 1. The van der Waals surface area contributed by atoms with Gasteiger partial charge < -0.3 is 15.0 Å². The fourth-order valence-corrected chi connectivity index (χ4v) is 2.08. The zero-order chi connectivity index (χ0) is 11.8. The van der Waals surface area contributed by atoms with Gasteiger partial charge in [-0.15, -0.1) is 0 Å². The van der Waals surface area contributed by atoms with Crippen LogP contribution in [0, 0.1) is 5.92 Å². The van der Waals surface area contributed by atoms with Gasteiger partial charge >= 0.3 is 0 Å². The lowest BCUT2D eigenvalue weighted by molar-refractivity contribution is -0.136. The van der Waals surface area contributed by atoms with Crippen molar-refractivity contribution in [3.05, 3.63) is 0 Å². The molecule has 0 radical (unpaired) electrons. The molecule has 1 heterocycles.